The molecule has 1 aromatic carbocycles. The Hall–Kier alpha value is -2.89. The molecule has 1 aromatic heterocycles. The number of likely N-dealkylation sites (tertiary alicyclic amines) is 1. The Kier molecular flexibility index (Phi) is 6.91. The summed E-state index contributed by atoms with van der Waals surface area (Å²) in [6, 6.07) is 5.50. The van der Waals surface area contributed by atoms with E-state index in [0.717, 1.165) is 4.90 Å². The summed E-state index contributed by atoms with van der Waals surface area (Å²) in [5, 5.41) is 2.93. The molecule has 0 bridgehead atoms. The van der Waals surface area contributed by atoms with Crippen LogP contribution in [0.15, 0.2) is 30.5 Å². The van der Waals surface area contributed by atoms with Gasteiger partial charge in [-0.2, -0.15) is 8.42 Å². The van der Waals surface area contributed by atoms with E-state index in [1.165, 1.54) is 19.4 Å². The lowest BCUT2D eigenvalue weighted by Crippen LogP contribution is -2.43. The van der Waals surface area contributed by atoms with E-state index in [9.17, 15) is 30.7 Å². The number of carbonyl (C=O) groups excluding carboxylic acids is 2. The molecule has 12 heteroatoms. The van der Waals surface area contributed by atoms with E-state index >= 15 is 0 Å². The van der Waals surface area contributed by atoms with Crippen molar-refractivity contribution in [3.05, 3.63) is 36.0 Å². The third-order valence-corrected chi connectivity index (χ3v) is 5.99. The molecular weight excluding hydrogens is 451 g/mol. The standard InChI is InChI=1S/C20H22F3N3O5S/c1-31-14-4-5-17-16(9-14)15(6-7-24-17)19(28)25-11-18(27)26-12-20(21,22)10-13(26)3-2-8-32(23,29)30/h4-7,9,13H,2-3,8,10-12H2,1H3,(H,25,28). The number of halogens is 3. The summed E-state index contributed by atoms with van der Waals surface area (Å²) in [5.74, 6) is -4.76. The monoisotopic (exact) mass is 473 g/mol. The fraction of sp³-hybridized carbons (Fsp3) is 0.450. The van der Waals surface area contributed by atoms with E-state index in [2.05, 4.69) is 10.3 Å². The Morgan fingerprint density at radius 2 is 2.06 bits per heavy atom. The van der Waals surface area contributed by atoms with Gasteiger partial charge in [0.25, 0.3) is 11.8 Å². The first-order chi connectivity index (χ1) is 15.0. The second-order valence-electron chi connectivity index (χ2n) is 7.55. The number of amides is 2. The van der Waals surface area contributed by atoms with Crippen molar-refractivity contribution in [2.75, 3.05) is 26.0 Å². The molecule has 1 saturated heterocycles. The topological polar surface area (TPSA) is 106 Å². The third-order valence-electron chi connectivity index (χ3n) is 5.22. The van der Waals surface area contributed by atoms with Gasteiger partial charge in [0.15, 0.2) is 0 Å². The predicted molar refractivity (Wildman–Crippen MR) is 110 cm³/mol. The lowest BCUT2D eigenvalue weighted by atomic mass is 10.1. The molecule has 174 valence electrons. The minimum atomic E-state index is -4.72. The zero-order valence-electron chi connectivity index (χ0n) is 17.2. The molecule has 32 heavy (non-hydrogen) atoms. The van der Waals surface area contributed by atoms with Crippen LogP contribution in [-0.2, 0) is 15.0 Å². The van der Waals surface area contributed by atoms with E-state index in [4.69, 9.17) is 4.74 Å². The van der Waals surface area contributed by atoms with Gasteiger partial charge >= 0.3 is 10.2 Å². The predicted octanol–water partition coefficient (Wildman–Crippen LogP) is 2.29. The number of carbonyl (C=O) groups is 2. The summed E-state index contributed by atoms with van der Waals surface area (Å²) in [4.78, 5) is 30.3. The average Bonchev–Trinajstić information content (AvgIpc) is 3.04. The van der Waals surface area contributed by atoms with Crippen molar-refractivity contribution in [1.82, 2.24) is 15.2 Å². The number of hydrogen-bond donors (Lipinski definition) is 1. The van der Waals surface area contributed by atoms with Gasteiger partial charge in [0.2, 0.25) is 5.91 Å². The maximum Gasteiger partial charge on any atom is 0.302 e. The number of pyridine rings is 1. The van der Waals surface area contributed by atoms with Crippen LogP contribution in [0.4, 0.5) is 12.7 Å². The second kappa shape index (κ2) is 9.31. The molecule has 0 radical (unpaired) electrons. The molecule has 2 heterocycles. The van der Waals surface area contributed by atoms with Gasteiger partial charge in [0, 0.05) is 24.0 Å². The highest BCUT2D eigenvalue weighted by molar-refractivity contribution is 7.86. The van der Waals surface area contributed by atoms with Crippen LogP contribution in [0.1, 0.15) is 29.6 Å². The molecule has 1 fully saturated rings. The molecule has 1 N–H and O–H groups in total. The Labute approximate surface area is 183 Å². The molecule has 1 atom stereocenters. The van der Waals surface area contributed by atoms with Crippen LogP contribution in [0.25, 0.3) is 10.9 Å². The summed E-state index contributed by atoms with van der Waals surface area (Å²) in [6.07, 6.45) is 0.503. The quantitative estimate of drug-likeness (QED) is 0.590. The highest BCUT2D eigenvalue weighted by Crippen LogP contribution is 2.34. The van der Waals surface area contributed by atoms with Crippen molar-refractivity contribution >= 4 is 32.9 Å². The Morgan fingerprint density at radius 1 is 1.31 bits per heavy atom. The molecular formula is C20H22F3N3O5S. The maximum atomic E-state index is 13.9. The van der Waals surface area contributed by atoms with Gasteiger partial charge in [-0.15, -0.1) is 3.89 Å². The second-order valence-corrected chi connectivity index (χ2v) is 9.03. The number of rotatable bonds is 8. The van der Waals surface area contributed by atoms with Crippen molar-refractivity contribution in [2.45, 2.75) is 31.2 Å². The van der Waals surface area contributed by atoms with Crippen LogP contribution in [0.2, 0.25) is 0 Å². The maximum absolute atomic E-state index is 13.9. The number of nitrogens with zero attached hydrogens (tertiary/aromatic N) is 2. The van der Waals surface area contributed by atoms with E-state index in [1.807, 2.05) is 0 Å². The van der Waals surface area contributed by atoms with Gasteiger partial charge in [0.1, 0.15) is 5.75 Å². The summed E-state index contributed by atoms with van der Waals surface area (Å²) in [6.45, 7) is -1.37. The molecule has 0 aliphatic carbocycles. The zero-order valence-corrected chi connectivity index (χ0v) is 18.0. The van der Waals surface area contributed by atoms with Gasteiger partial charge in [0.05, 0.1) is 37.0 Å². The molecule has 2 aromatic rings. The van der Waals surface area contributed by atoms with E-state index in [1.54, 1.807) is 18.2 Å². The summed E-state index contributed by atoms with van der Waals surface area (Å²) in [7, 11) is -3.25. The van der Waals surface area contributed by atoms with Gasteiger partial charge in [-0.1, -0.05) is 0 Å². The minimum Gasteiger partial charge on any atom is -0.497 e. The molecule has 1 aliphatic rings. The zero-order chi connectivity index (χ0) is 23.5. The summed E-state index contributed by atoms with van der Waals surface area (Å²) >= 11 is 0. The van der Waals surface area contributed by atoms with E-state index in [-0.39, 0.29) is 18.4 Å². The Balaban J connectivity index is 1.67. The number of hydrogen-bond acceptors (Lipinski definition) is 6. The van der Waals surface area contributed by atoms with Gasteiger partial charge < -0.3 is 15.0 Å². The Morgan fingerprint density at radius 3 is 2.75 bits per heavy atom. The van der Waals surface area contributed by atoms with Crippen molar-refractivity contribution in [1.29, 1.82) is 0 Å². The van der Waals surface area contributed by atoms with Crippen molar-refractivity contribution in [2.24, 2.45) is 0 Å². The summed E-state index contributed by atoms with van der Waals surface area (Å²) < 4.78 is 66.9. The summed E-state index contributed by atoms with van der Waals surface area (Å²) in [5.41, 5.74) is 0.769. The van der Waals surface area contributed by atoms with Gasteiger partial charge in [-0.3, -0.25) is 14.6 Å². The molecule has 1 aliphatic heterocycles. The van der Waals surface area contributed by atoms with Crippen LogP contribution in [-0.4, -0.2) is 68.0 Å². The first-order valence-corrected chi connectivity index (χ1v) is 11.3. The SMILES string of the molecule is COc1ccc2nccc(C(=O)NCC(=O)N3CC(F)(F)CC3CCCS(=O)(=O)F)c2c1. The highest BCUT2D eigenvalue weighted by atomic mass is 32.3. The fourth-order valence-corrected chi connectivity index (χ4v) is 4.25. The van der Waals surface area contributed by atoms with Crippen LogP contribution in [0.3, 0.4) is 0 Å². The Bertz CT molecular complexity index is 1130. The van der Waals surface area contributed by atoms with E-state index < -0.39 is 59.3 Å². The lowest BCUT2D eigenvalue weighted by molar-refractivity contribution is -0.132. The number of ether oxygens (including phenoxy) is 1. The number of alkyl halides is 2. The average molecular weight is 473 g/mol. The largest absolute Gasteiger partial charge is 0.497 e. The smallest absolute Gasteiger partial charge is 0.302 e. The number of aromatic nitrogens is 1. The number of nitrogens with one attached hydrogen (secondary N) is 1. The van der Waals surface area contributed by atoms with Gasteiger partial charge in [-0.25, -0.2) is 8.78 Å². The fourth-order valence-electron chi connectivity index (χ4n) is 3.74. The normalized spacial score (nSPS) is 18.0. The highest BCUT2D eigenvalue weighted by Gasteiger charge is 2.46. The van der Waals surface area contributed by atoms with Crippen LogP contribution < -0.4 is 10.1 Å². The molecule has 8 nitrogen and oxygen atoms in total. The van der Waals surface area contributed by atoms with E-state index in [0.29, 0.717) is 16.7 Å². The molecule has 2 amide bonds. The van der Waals surface area contributed by atoms with Crippen molar-refractivity contribution in [3.8, 4) is 5.75 Å². The molecule has 3 rings (SSSR count). The first kappa shape index (κ1) is 23.8. The van der Waals surface area contributed by atoms with Crippen LogP contribution >= 0.6 is 0 Å². The molecule has 0 spiro atoms. The number of fused-ring (bicyclic) bond motifs is 1. The molecule has 1 unspecified atom stereocenters. The van der Waals surface area contributed by atoms with Crippen LogP contribution in [0.5, 0.6) is 5.75 Å². The number of methoxy groups -OCH3 is 1. The number of benzene rings is 1. The van der Waals surface area contributed by atoms with Crippen LogP contribution in [0, 0.1) is 0 Å². The minimum absolute atomic E-state index is 0.0901. The molecule has 0 saturated carbocycles. The van der Waals surface area contributed by atoms with Crippen molar-refractivity contribution in [3.63, 3.8) is 0 Å². The van der Waals surface area contributed by atoms with Crippen molar-refractivity contribution < 1.29 is 35.4 Å². The third kappa shape index (κ3) is 5.87. The lowest BCUT2D eigenvalue weighted by Gasteiger charge is -2.24. The van der Waals surface area contributed by atoms with Gasteiger partial charge in [-0.05, 0) is 37.1 Å². The first-order valence-electron chi connectivity index (χ1n) is 9.80.